The van der Waals surface area contributed by atoms with Crippen LogP contribution in [0, 0.1) is 11.3 Å². The first kappa shape index (κ1) is 27.8. The molecule has 10 rings (SSSR count). The number of hydrogen-bond acceptors (Lipinski definition) is 4. The van der Waals surface area contributed by atoms with Crippen molar-refractivity contribution in [3.8, 4) is 0 Å². The predicted molar refractivity (Wildman–Crippen MR) is 182 cm³/mol. The van der Waals surface area contributed by atoms with Crippen LogP contribution in [-0.2, 0) is 41.4 Å². The molecule has 2 fully saturated rings. The minimum Gasteiger partial charge on any atom is -0.468 e. The summed E-state index contributed by atoms with van der Waals surface area (Å²) in [5, 5.41) is 0. The molecule has 48 heavy (non-hydrogen) atoms. The van der Waals surface area contributed by atoms with E-state index in [-0.39, 0.29) is 5.97 Å². The molecule has 0 radical (unpaired) electrons. The molecule has 0 aromatic heterocycles. The highest BCUT2D eigenvalue weighted by Gasteiger charge is 2.96. The van der Waals surface area contributed by atoms with Crippen molar-refractivity contribution >= 4 is 5.97 Å². The summed E-state index contributed by atoms with van der Waals surface area (Å²) in [7, 11) is 1.51. The van der Waals surface area contributed by atoms with Gasteiger partial charge in [-0.1, -0.05) is 170 Å². The Morgan fingerprint density at radius 1 is 0.458 bits per heavy atom. The van der Waals surface area contributed by atoms with Crippen LogP contribution in [0.5, 0.6) is 0 Å². The number of carbonyl (C=O) groups is 1. The molecule has 0 spiro atoms. The van der Waals surface area contributed by atoms with Gasteiger partial charge in [0.2, 0.25) is 0 Å². The molecule has 6 aromatic carbocycles. The van der Waals surface area contributed by atoms with Crippen LogP contribution in [0.25, 0.3) is 0 Å². The summed E-state index contributed by atoms with van der Waals surface area (Å²) in [5.41, 5.74) is 1.42. The van der Waals surface area contributed by atoms with E-state index in [9.17, 15) is 0 Å². The van der Waals surface area contributed by atoms with Crippen molar-refractivity contribution < 1.29 is 19.0 Å². The Kier molecular flexibility index (Phi) is 5.45. The first-order chi connectivity index (χ1) is 23.6. The SMILES string of the molecule is COC(=O)C12C([C@]3(c4ccccc4)O[C@@]1(c1ccccc1)c1ccccc13)[C@@]1(c3ccccc3)O[C@]2(c2ccccc2)c2ccccc21. The lowest BCUT2D eigenvalue weighted by molar-refractivity contribution is -0.191. The maximum absolute atomic E-state index is 15.7. The first-order valence-electron chi connectivity index (χ1n) is 16.5. The fourth-order valence-corrected chi connectivity index (χ4v) is 10.4. The van der Waals surface area contributed by atoms with Crippen molar-refractivity contribution in [2.24, 2.45) is 11.3 Å². The van der Waals surface area contributed by atoms with E-state index in [1.54, 1.807) is 0 Å². The fourth-order valence-electron chi connectivity index (χ4n) is 10.4. The van der Waals surface area contributed by atoms with Gasteiger partial charge in [0, 0.05) is 0 Å². The molecular formula is C44H32O4. The third-order valence-corrected chi connectivity index (χ3v) is 11.7. The molecular weight excluding hydrogens is 592 g/mol. The lowest BCUT2D eigenvalue weighted by atomic mass is 9.40. The number of rotatable bonds is 5. The fraction of sp³-hybridized carbons (Fsp3) is 0.159. The van der Waals surface area contributed by atoms with Gasteiger partial charge in [-0.3, -0.25) is 4.79 Å². The lowest BCUT2D eigenvalue weighted by Crippen LogP contribution is -2.65. The van der Waals surface area contributed by atoms with Crippen molar-refractivity contribution in [3.63, 3.8) is 0 Å². The van der Waals surface area contributed by atoms with Crippen LogP contribution in [0.3, 0.4) is 0 Å². The smallest absolute Gasteiger partial charge is 0.319 e. The summed E-state index contributed by atoms with van der Waals surface area (Å²) in [6.45, 7) is 0. The number of esters is 1. The average Bonchev–Trinajstić information content (AvgIpc) is 3.86. The normalized spacial score (nSPS) is 31.6. The van der Waals surface area contributed by atoms with Gasteiger partial charge in [-0.2, -0.15) is 0 Å². The zero-order valence-electron chi connectivity index (χ0n) is 26.4. The molecule has 4 aliphatic rings. The summed E-state index contributed by atoms with van der Waals surface area (Å²) >= 11 is 0. The van der Waals surface area contributed by atoms with Gasteiger partial charge in [-0.25, -0.2) is 0 Å². The van der Waals surface area contributed by atoms with Crippen molar-refractivity contribution in [1.29, 1.82) is 0 Å². The van der Waals surface area contributed by atoms with Crippen molar-refractivity contribution in [3.05, 3.63) is 214 Å². The second-order valence-corrected chi connectivity index (χ2v) is 13.3. The Morgan fingerprint density at radius 2 is 0.771 bits per heavy atom. The molecule has 0 aliphatic carbocycles. The molecule has 0 N–H and O–H groups in total. The Morgan fingerprint density at radius 3 is 1.12 bits per heavy atom. The number of fused-ring (bicyclic) bond motifs is 15. The highest BCUT2D eigenvalue weighted by molar-refractivity contribution is 5.90. The zero-order valence-corrected chi connectivity index (χ0v) is 26.4. The summed E-state index contributed by atoms with van der Waals surface area (Å²) in [6.07, 6.45) is 0. The third-order valence-electron chi connectivity index (χ3n) is 11.7. The second kappa shape index (κ2) is 9.41. The van der Waals surface area contributed by atoms with Crippen LogP contribution < -0.4 is 0 Å². The molecule has 232 valence electrons. The molecule has 0 saturated carbocycles. The van der Waals surface area contributed by atoms with E-state index in [2.05, 4.69) is 121 Å². The molecule has 4 aliphatic heterocycles. The molecule has 6 aromatic rings. The van der Waals surface area contributed by atoms with Gasteiger partial charge >= 0.3 is 5.97 Å². The van der Waals surface area contributed by atoms with E-state index < -0.39 is 33.7 Å². The topological polar surface area (TPSA) is 44.8 Å². The van der Waals surface area contributed by atoms with Crippen molar-refractivity contribution in [2.75, 3.05) is 7.11 Å². The minimum atomic E-state index is -1.44. The van der Waals surface area contributed by atoms with Gasteiger partial charge in [0.15, 0.2) is 5.41 Å². The number of methoxy groups -OCH3 is 1. The molecule has 4 nitrogen and oxygen atoms in total. The second-order valence-electron chi connectivity index (χ2n) is 13.3. The minimum absolute atomic E-state index is 0.361. The monoisotopic (exact) mass is 624 g/mol. The van der Waals surface area contributed by atoms with Gasteiger partial charge in [0.1, 0.15) is 22.4 Å². The highest BCUT2D eigenvalue weighted by atomic mass is 16.6. The first-order valence-corrected chi connectivity index (χ1v) is 16.5. The molecule has 0 amide bonds. The number of hydrogen-bond donors (Lipinski definition) is 0. The lowest BCUT2D eigenvalue weighted by Gasteiger charge is -2.55. The Hall–Kier alpha value is -5.29. The summed E-state index contributed by atoms with van der Waals surface area (Å²) < 4.78 is 22.1. The van der Waals surface area contributed by atoms with Crippen LogP contribution in [-0.4, -0.2) is 13.1 Å². The predicted octanol–water partition coefficient (Wildman–Crippen LogP) is 8.22. The Balaban J connectivity index is 1.51. The maximum Gasteiger partial charge on any atom is 0.319 e. The van der Waals surface area contributed by atoms with Gasteiger partial charge in [0.25, 0.3) is 0 Å². The van der Waals surface area contributed by atoms with E-state index in [1.165, 1.54) is 7.11 Å². The van der Waals surface area contributed by atoms with Gasteiger partial charge in [-0.05, 0) is 44.5 Å². The van der Waals surface area contributed by atoms with E-state index in [4.69, 9.17) is 14.2 Å². The third kappa shape index (κ3) is 2.75. The largest absolute Gasteiger partial charge is 0.468 e. The number of ether oxygens (including phenoxy) is 3. The van der Waals surface area contributed by atoms with Crippen LogP contribution >= 0.6 is 0 Å². The van der Waals surface area contributed by atoms with Crippen LogP contribution in [0.2, 0.25) is 0 Å². The van der Waals surface area contributed by atoms with Crippen molar-refractivity contribution in [1.82, 2.24) is 0 Å². The summed E-state index contributed by atoms with van der Waals surface area (Å²) in [6, 6.07) is 58.2. The van der Waals surface area contributed by atoms with Crippen LogP contribution in [0.15, 0.2) is 170 Å². The van der Waals surface area contributed by atoms with E-state index >= 15 is 4.79 Å². The molecule has 2 saturated heterocycles. The standard InChI is InChI=1S/C44H32O4/c1-46-39(45)42-38(40(30-18-6-2-7-19-30)34-26-14-16-28-36(34)43(42,47-40)32-22-10-4-11-23-32)41(31-20-8-3-9-21-31)35-27-15-17-29-37(35)44(42,48-41)33-24-12-5-13-25-33/h2-29,38H,1H3/t38?,40-,41+,42?,43+,44-. The molecule has 4 heteroatoms. The van der Waals surface area contributed by atoms with Gasteiger partial charge in [-0.15, -0.1) is 0 Å². The maximum atomic E-state index is 15.7. The molecule has 4 heterocycles. The number of benzene rings is 6. The van der Waals surface area contributed by atoms with Gasteiger partial charge < -0.3 is 14.2 Å². The van der Waals surface area contributed by atoms with E-state index in [0.717, 1.165) is 44.5 Å². The van der Waals surface area contributed by atoms with Crippen LogP contribution in [0.1, 0.15) is 44.5 Å². The van der Waals surface area contributed by atoms with Crippen molar-refractivity contribution in [2.45, 2.75) is 22.4 Å². The van der Waals surface area contributed by atoms with E-state index in [1.807, 2.05) is 48.5 Å². The van der Waals surface area contributed by atoms with E-state index in [0.29, 0.717) is 0 Å². The molecule has 4 bridgehead atoms. The molecule has 2 unspecified atom stereocenters. The summed E-state index contributed by atoms with van der Waals surface area (Å²) in [5.74, 6) is -0.959. The Labute approximate surface area is 279 Å². The Bertz CT molecular complexity index is 2070. The highest BCUT2D eigenvalue weighted by Crippen LogP contribution is 2.88. The molecule has 6 atom stereocenters. The van der Waals surface area contributed by atoms with Gasteiger partial charge in [0.05, 0.1) is 13.0 Å². The zero-order chi connectivity index (χ0) is 32.2. The average molecular weight is 625 g/mol. The summed E-state index contributed by atoms with van der Waals surface area (Å²) in [4.78, 5) is 15.7. The quantitative estimate of drug-likeness (QED) is 0.181. The number of carbonyl (C=O) groups excluding carboxylic acids is 1. The van der Waals surface area contributed by atoms with Crippen LogP contribution in [0.4, 0.5) is 0 Å².